The minimum absolute atomic E-state index is 0.178. The molecule has 3 atom stereocenters. The van der Waals surface area contributed by atoms with E-state index in [1.54, 1.807) is 6.20 Å². The van der Waals surface area contributed by atoms with Gasteiger partial charge < -0.3 is 5.73 Å². The van der Waals surface area contributed by atoms with E-state index in [9.17, 15) is 13.2 Å². The number of rotatable bonds is 2. The van der Waals surface area contributed by atoms with Crippen molar-refractivity contribution in [3.63, 3.8) is 0 Å². The lowest BCUT2D eigenvalue weighted by Gasteiger charge is -2.38. The summed E-state index contributed by atoms with van der Waals surface area (Å²) in [5.74, 6) is -3.24. The summed E-state index contributed by atoms with van der Waals surface area (Å²) in [6.07, 6.45) is 3.92. The second-order valence-corrected chi connectivity index (χ2v) is 8.18. The molecule has 2 aromatic heterocycles. The molecule has 0 radical (unpaired) electrons. The summed E-state index contributed by atoms with van der Waals surface area (Å²) in [6, 6.07) is 3.44. The Hall–Kier alpha value is -2.45. The third-order valence-electron chi connectivity index (χ3n) is 6.43. The topological polar surface area (TPSA) is 59.5 Å². The Balaban J connectivity index is 1.33. The molecule has 5 nitrogen and oxygen atoms in total. The van der Waals surface area contributed by atoms with Crippen molar-refractivity contribution in [2.45, 2.75) is 57.3 Å². The number of hydrogen-bond acceptors (Lipinski definition) is 4. The first-order valence-corrected chi connectivity index (χ1v) is 9.88. The summed E-state index contributed by atoms with van der Waals surface area (Å²) in [7, 11) is 0. The Morgan fingerprint density at radius 2 is 1.86 bits per heavy atom. The van der Waals surface area contributed by atoms with E-state index in [0.717, 1.165) is 48.2 Å². The van der Waals surface area contributed by atoms with Crippen molar-refractivity contribution < 1.29 is 13.2 Å². The number of hydrogen-bond donors (Lipinski definition) is 1. The van der Waals surface area contributed by atoms with Gasteiger partial charge in [-0.25, -0.2) is 22.7 Å². The molecule has 0 saturated heterocycles. The first-order valence-electron chi connectivity index (χ1n) is 9.88. The van der Waals surface area contributed by atoms with E-state index in [4.69, 9.17) is 10.8 Å². The molecule has 1 aliphatic heterocycles. The zero-order valence-electron chi connectivity index (χ0n) is 16.1. The molecule has 152 valence electrons. The van der Waals surface area contributed by atoms with Gasteiger partial charge in [0.25, 0.3) is 0 Å². The van der Waals surface area contributed by atoms with Crippen molar-refractivity contribution in [1.82, 2.24) is 19.5 Å². The van der Waals surface area contributed by atoms with Crippen LogP contribution >= 0.6 is 0 Å². The lowest BCUT2D eigenvalue weighted by atomic mass is 9.77. The van der Waals surface area contributed by atoms with Gasteiger partial charge >= 0.3 is 0 Å². The fraction of sp³-hybridized carbons (Fsp3) is 0.429. The fourth-order valence-electron chi connectivity index (χ4n) is 4.87. The van der Waals surface area contributed by atoms with E-state index in [-0.39, 0.29) is 23.6 Å². The number of fused-ring (bicyclic) bond motifs is 3. The minimum Gasteiger partial charge on any atom is -0.327 e. The van der Waals surface area contributed by atoms with Crippen molar-refractivity contribution in [1.29, 1.82) is 0 Å². The molecule has 1 aliphatic carbocycles. The fourth-order valence-corrected chi connectivity index (χ4v) is 4.87. The van der Waals surface area contributed by atoms with E-state index < -0.39 is 17.5 Å². The summed E-state index contributed by atoms with van der Waals surface area (Å²) >= 11 is 0. The van der Waals surface area contributed by atoms with Gasteiger partial charge in [-0.2, -0.15) is 5.10 Å². The smallest absolute Gasteiger partial charge is 0.161 e. The molecule has 2 aliphatic rings. The Bertz CT molecular complexity index is 1100. The summed E-state index contributed by atoms with van der Waals surface area (Å²) < 4.78 is 43.0. The quantitative estimate of drug-likeness (QED) is 0.669. The van der Waals surface area contributed by atoms with Gasteiger partial charge in [-0.1, -0.05) is 0 Å². The standard InChI is InChI=1S/C21H22F3N5/c1-11-4-5-26-21-15-9-28(10-20(15)27-29(11)21)12-2-3-13(19(25)6-12)14-7-17(23)18(24)8-16(14)22/h4-5,7-8,12-13,19H,2-3,6,9-10,25H2,1H3/t12-,13-,19+/m1/s1. The van der Waals surface area contributed by atoms with Gasteiger partial charge in [0.15, 0.2) is 17.3 Å². The number of aromatic nitrogens is 3. The molecule has 1 fully saturated rings. The highest BCUT2D eigenvalue weighted by Crippen LogP contribution is 2.38. The molecular formula is C21H22F3N5. The van der Waals surface area contributed by atoms with Crippen molar-refractivity contribution in [2.24, 2.45) is 5.73 Å². The Labute approximate surface area is 166 Å². The normalized spacial score (nSPS) is 24.9. The lowest BCUT2D eigenvalue weighted by molar-refractivity contribution is 0.136. The summed E-state index contributed by atoms with van der Waals surface area (Å²) in [5.41, 5.74) is 10.7. The van der Waals surface area contributed by atoms with Crippen LogP contribution in [0.25, 0.3) is 5.65 Å². The number of aryl methyl sites for hydroxylation is 1. The highest BCUT2D eigenvalue weighted by Gasteiger charge is 2.37. The Kier molecular flexibility index (Phi) is 4.36. The van der Waals surface area contributed by atoms with E-state index in [0.29, 0.717) is 18.9 Å². The lowest BCUT2D eigenvalue weighted by Crippen LogP contribution is -2.44. The first kappa shape index (κ1) is 18.6. The van der Waals surface area contributed by atoms with E-state index >= 15 is 0 Å². The second kappa shape index (κ2) is 6.81. The highest BCUT2D eigenvalue weighted by molar-refractivity contribution is 5.52. The number of benzene rings is 1. The molecule has 29 heavy (non-hydrogen) atoms. The molecule has 0 bridgehead atoms. The average molecular weight is 401 g/mol. The van der Waals surface area contributed by atoms with Crippen LogP contribution in [0.4, 0.5) is 13.2 Å². The van der Waals surface area contributed by atoms with Gasteiger partial charge in [0.1, 0.15) is 5.82 Å². The molecule has 3 aromatic rings. The molecule has 1 aromatic carbocycles. The van der Waals surface area contributed by atoms with Gasteiger partial charge in [0.2, 0.25) is 0 Å². The highest BCUT2D eigenvalue weighted by atomic mass is 19.2. The van der Waals surface area contributed by atoms with Crippen LogP contribution in [0.3, 0.4) is 0 Å². The molecule has 0 amide bonds. The van der Waals surface area contributed by atoms with Crippen LogP contribution in [0.5, 0.6) is 0 Å². The van der Waals surface area contributed by atoms with Crippen LogP contribution in [-0.2, 0) is 13.1 Å². The average Bonchev–Trinajstić information content (AvgIpc) is 3.24. The monoisotopic (exact) mass is 401 g/mol. The van der Waals surface area contributed by atoms with Gasteiger partial charge in [0, 0.05) is 54.6 Å². The summed E-state index contributed by atoms with van der Waals surface area (Å²) in [4.78, 5) is 6.83. The first-order chi connectivity index (χ1) is 13.9. The molecule has 3 heterocycles. The molecule has 8 heteroatoms. The van der Waals surface area contributed by atoms with Crippen LogP contribution in [0, 0.1) is 24.4 Å². The zero-order chi connectivity index (χ0) is 20.3. The predicted octanol–water partition coefficient (Wildman–Crippen LogP) is 3.43. The van der Waals surface area contributed by atoms with E-state index in [2.05, 4.69) is 9.88 Å². The van der Waals surface area contributed by atoms with Crippen LogP contribution < -0.4 is 5.73 Å². The summed E-state index contributed by atoms with van der Waals surface area (Å²) in [5, 5.41) is 4.70. The van der Waals surface area contributed by atoms with Crippen LogP contribution in [-0.4, -0.2) is 31.6 Å². The third kappa shape index (κ3) is 3.02. The maximum atomic E-state index is 14.2. The third-order valence-corrected chi connectivity index (χ3v) is 6.43. The predicted molar refractivity (Wildman–Crippen MR) is 102 cm³/mol. The number of nitrogens with zero attached hydrogens (tertiary/aromatic N) is 4. The van der Waals surface area contributed by atoms with E-state index in [1.807, 2.05) is 17.5 Å². The van der Waals surface area contributed by atoms with Crippen LogP contribution in [0.2, 0.25) is 0 Å². The van der Waals surface area contributed by atoms with Crippen molar-refractivity contribution in [2.75, 3.05) is 0 Å². The van der Waals surface area contributed by atoms with Crippen molar-refractivity contribution in [3.05, 3.63) is 64.4 Å². The van der Waals surface area contributed by atoms with Crippen molar-refractivity contribution in [3.8, 4) is 0 Å². The van der Waals surface area contributed by atoms with Gasteiger partial charge in [-0.05, 0) is 43.9 Å². The zero-order valence-corrected chi connectivity index (χ0v) is 16.1. The molecule has 0 unspecified atom stereocenters. The molecular weight excluding hydrogens is 379 g/mol. The van der Waals surface area contributed by atoms with Crippen LogP contribution in [0.15, 0.2) is 24.4 Å². The molecule has 2 N–H and O–H groups in total. The molecule has 1 saturated carbocycles. The van der Waals surface area contributed by atoms with Gasteiger partial charge in [-0.15, -0.1) is 0 Å². The Morgan fingerprint density at radius 3 is 2.66 bits per heavy atom. The van der Waals surface area contributed by atoms with Gasteiger partial charge in [0.05, 0.1) is 5.69 Å². The maximum absolute atomic E-state index is 14.2. The second-order valence-electron chi connectivity index (χ2n) is 8.18. The molecule has 5 rings (SSSR count). The van der Waals surface area contributed by atoms with Crippen LogP contribution in [0.1, 0.15) is 47.7 Å². The number of halogens is 3. The van der Waals surface area contributed by atoms with Crippen molar-refractivity contribution >= 4 is 5.65 Å². The number of nitrogens with two attached hydrogens (primary N) is 1. The minimum atomic E-state index is -1.17. The molecule has 0 spiro atoms. The van der Waals surface area contributed by atoms with Gasteiger partial charge in [-0.3, -0.25) is 4.90 Å². The largest absolute Gasteiger partial charge is 0.327 e. The summed E-state index contributed by atoms with van der Waals surface area (Å²) in [6.45, 7) is 3.50. The van der Waals surface area contributed by atoms with E-state index in [1.165, 1.54) is 0 Å². The maximum Gasteiger partial charge on any atom is 0.161 e. The SMILES string of the molecule is Cc1ccnc2c3c(nn12)CN([C@@H]1CC[C@H](c2cc(F)c(F)cc2F)[C@@H](N)C1)C3. The Morgan fingerprint density at radius 1 is 1.07 bits per heavy atom.